The molecule has 0 heterocycles. The van der Waals surface area contributed by atoms with Crippen molar-refractivity contribution in [2.75, 3.05) is 13.7 Å². The molecule has 0 saturated carbocycles. The molecule has 0 bridgehead atoms. The van der Waals surface area contributed by atoms with Crippen molar-refractivity contribution in [3.63, 3.8) is 0 Å². The summed E-state index contributed by atoms with van der Waals surface area (Å²) in [5.74, 6) is 0.803. The second kappa shape index (κ2) is 7.68. The van der Waals surface area contributed by atoms with Crippen molar-refractivity contribution in [3.05, 3.63) is 65.7 Å². The van der Waals surface area contributed by atoms with Gasteiger partial charge in [-0.3, -0.25) is 0 Å². The normalized spacial score (nSPS) is 10.9. The van der Waals surface area contributed by atoms with Crippen LogP contribution in [0, 0.1) is 0 Å². The van der Waals surface area contributed by atoms with Crippen LogP contribution in [-0.4, -0.2) is 19.7 Å². The molecule has 0 aliphatic rings. The highest BCUT2D eigenvalue weighted by molar-refractivity contribution is 5.75. The number of methoxy groups -OCH3 is 1. The van der Waals surface area contributed by atoms with E-state index in [4.69, 9.17) is 4.74 Å². The van der Waals surface area contributed by atoms with Crippen LogP contribution in [0.4, 0.5) is 4.79 Å². The molecule has 2 rings (SSSR count). The summed E-state index contributed by atoms with van der Waals surface area (Å²) in [7, 11) is 1.64. The molecule has 0 spiro atoms. The molecule has 4 nitrogen and oxygen atoms in total. The lowest BCUT2D eigenvalue weighted by Crippen LogP contribution is -2.46. The maximum atomic E-state index is 12.1. The van der Waals surface area contributed by atoms with Gasteiger partial charge in [0, 0.05) is 6.54 Å². The number of nitrogens with one attached hydrogen (secondary N) is 2. The Bertz CT molecular complexity index is 622. The lowest BCUT2D eigenvalue weighted by molar-refractivity contribution is 0.230. The first-order valence-electron chi connectivity index (χ1n) is 7.76. The van der Waals surface area contributed by atoms with Crippen molar-refractivity contribution in [3.8, 4) is 5.75 Å². The molecule has 4 heteroatoms. The number of benzene rings is 2. The van der Waals surface area contributed by atoms with Crippen molar-refractivity contribution in [1.29, 1.82) is 0 Å². The first-order valence-corrected chi connectivity index (χ1v) is 7.76. The summed E-state index contributed by atoms with van der Waals surface area (Å²) in [4.78, 5) is 12.1. The lowest BCUT2D eigenvalue weighted by atomic mass is 9.94. The van der Waals surface area contributed by atoms with E-state index in [1.165, 1.54) is 5.56 Å². The molecule has 2 amide bonds. The first kappa shape index (κ1) is 16.9. The number of urea groups is 1. The zero-order valence-electron chi connectivity index (χ0n) is 13.9. The molecule has 0 aliphatic heterocycles. The van der Waals surface area contributed by atoms with Crippen LogP contribution in [0.25, 0.3) is 0 Å². The summed E-state index contributed by atoms with van der Waals surface area (Å²) in [6.45, 7) is 4.56. The smallest absolute Gasteiger partial charge is 0.315 e. The van der Waals surface area contributed by atoms with E-state index in [0.29, 0.717) is 6.54 Å². The van der Waals surface area contributed by atoms with E-state index in [9.17, 15) is 4.79 Å². The third-order valence-corrected chi connectivity index (χ3v) is 3.78. The minimum absolute atomic E-state index is 0.165. The zero-order valence-corrected chi connectivity index (χ0v) is 13.9. The molecular formula is C19H24N2O2. The van der Waals surface area contributed by atoms with Gasteiger partial charge in [-0.1, -0.05) is 42.5 Å². The molecule has 2 N–H and O–H groups in total. The SMILES string of the molecule is COc1ccc(C(C)(C)NC(=O)NCCc2ccccc2)cc1. The van der Waals surface area contributed by atoms with Crippen LogP contribution in [0.5, 0.6) is 5.75 Å². The molecule has 2 aromatic rings. The Morgan fingerprint density at radius 1 is 1.04 bits per heavy atom. The van der Waals surface area contributed by atoms with E-state index in [1.807, 2.05) is 56.3 Å². The topological polar surface area (TPSA) is 50.4 Å². The van der Waals surface area contributed by atoms with Gasteiger partial charge >= 0.3 is 6.03 Å². The minimum Gasteiger partial charge on any atom is -0.497 e. The Labute approximate surface area is 137 Å². The fourth-order valence-corrected chi connectivity index (χ4v) is 2.37. The lowest BCUT2D eigenvalue weighted by Gasteiger charge is -2.27. The molecule has 0 aliphatic carbocycles. The summed E-state index contributed by atoms with van der Waals surface area (Å²) in [6, 6.07) is 17.7. The third kappa shape index (κ3) is 5.02. The molecule has 0 unspecified atom stereocenters. The Hall–Kier alpha value is -2.49. The van der Waals surface area contributed by atoms with Crippen LogP contribution in [0.1, 0.15) is 25.0 Å². The van der Waals surface area contributed by atoms with Gasteiger partial charge < -0.3 is 15.4 Å². The van der Waals surface area contributed by atoms with Crippen molar-refractivity contribution in [1.82, 2.24) is 10.6 Å². The van der Waals surface area contributed by atoms with Crippen molar-refractivity contribution in [2.45, 2.75) is 25.8 Å². The van der Waals surface area contributed by atoms with E-state index >= 15 is 0 Å². The maximum absolute atomic E-state index is 12.1. The van der Waals surface area contributed by atoms with Crippen molar-refractivity contribution < 1.29 is 9.53 Å². The van der Waals surface area contributed by atoms with Gasteiger partial charge in [0.05, 0.1) is 12.6 Å². The van der Waals surface area contributed by atoms with Gasteiger partial charge in [-0.2, -0.15) is 0 Å². The zero-order chi connectivity index (χ0) is 16.7. The minimum atomic E-state index is -0.455. The van der Waals surface area contributed by atoms with Gasteiger partial charge in [0.2, 0.25) is 0 Å². The average molecular weight is 312 g/mol. The number of hydrogen-bond donors (Lipinski definition) is 2. The summed E-state index contributed by atoms with van der Waals surface area (Å²) < 4.78 is 5.16. The van der Waals surface area contributed by atoms with Crippen LogP contribution < -0.4 is 15.4 Å². The van der Waals surface area contributed by atoms with E-state index in [0.717, 1.165) is 17.7 Å². The van der Waals surface area contributed by atoms with Crippen LogP contribution in [0.2, 0.25) is 0 Å². The molecule has 0 atom stereocenters. The largest absolute Gasteiger partial charge is 0.497 e. The van der Waals surface area contributed by atoms with E-state index in [1.54, 1.807) is 7.11 Å². The molecule has 0 aromatic heterocycles. The molecular weight excluding hydrogens is 288 g/mol. The fourth-order valence-electron chi connectivity index (χ4n) is 2.37. The molecule has 0 saturated heterocycles. The first-order chi connectivity index (χ1) is 11.0. The van der Waals surface area contributed by atoms with Gasteiger partial charge in [0.1, 0.15) is 5.75 Å². The molecule has 0 fully saturated rings. The highest BCUT2D eigenvalue weighted by atomic mass is 16.5. The van der Waals surface area contributed by atoms with E-state index < -0.39 is 5.54 Å². The van der Waals surface area contributed by atoms with Crippen LogP contribution in [0.3, 0.4) is 0 Å². The Morgan fingerprint density at radius 3 is 2.30 bits per heavy atom. The summed E-state index contributed by atoms with van der Waals surface area (Å²) in [5.41, 5.74) is 1.78. The summed E-state index contributed by atoms with van der Waals surface area (Å²) in [6.07, 6.45) is 0.817. The number of carbonyl (C=O) groups excluding carboxylic acids is 1. The summed E-state index contributed by atoms with van der Waals surface area (Å²) >= 11 is 0. The number of amides is 2. The van der Waals surface area contributed by atoms with Crippen LogP contribution in [-0.2, 0) is 12.0 Å². The number of hydrogen-bond acceptors (Lipinski definition) is 2. The number of ether oxygens (including phenoxy) is 1. The number of carbonyl (C=O) groups is 1. The number of rotatable bonds is 6. The van der Waals surface area contributed by atoms with Crippen LogP contribution in [0.15, 0.2) is 54.6 Å². The second-order valence-corrected chi connectivity index (χ2v) is 5.97. The van der Waals surface area contributed by atoms with Crippen molar-refractivity contribution >= 4 is 6.03 Å². The molecule has 23 heavy (non-hydrogen) atoms. The van der Waals surface area contributed by atoms with E-state index in [-0.39, 0.29) is 6.03 Å². The quantitative estimate of drug-likeness (QED) is 0.858. The highest BCUT2D eigenvalue weighted by Crippen LogP contribution is 2.22. The predicted octanol–water partition coefficient (Wildman–Crippen LogP) is 3.47. The predicted molar refractivity (Wildman–Crippen MR) is 92.7 cm³/mol. The Balaban J connectivity index is 1.85. The van der Waals surface area contributed by atoms with Gasteiger partial charge in [-0.25, -0.2) is 4.79 Å². The van der Waals surface area contributed by atoms with Gasteiger partial charge in [0.25, 0.3) is 0 Å². The molecule has 122 valence electrons. The van der Waals surface area contributed by atoms with Gasteiger partial charge in [0.15, 0.2) is 0 Å². The standard InChI is InChI=1S/C19H24N2O2/c1-19(2,16-9-11-17(23-3)12-10-16)21-18(22)20-14-13-15-7-5-4-6-8-15/h4-12H,13-14H2,1-3H3,(H2,20,21,22). The molecule has 0 radical (unpaired) electrons. The highest BCUT2D eigenvalue weighted by Gasteiger charge is 2.22. The van der Waals surface area contributed by atoms with E-state index in [2.05, 4.69) is 22.8 Å². The van der Waals surface area contributed by atoms with Crippen molar-refractivity contribution in [2.24, 2.45) is 0 Å². The average Bonchev–Trinajstić information content (AvgIpc) is 2.55. The molecule has 2 aromatic carbocycles. The fraction of sp³-hybridized carbons (Fsp3) is 0.316. The Kier molecular flexibility index (Phi) is 5.63. The Morgan fingerprint density at radius 2 is 1.70 bits per heavy atom. The second-order valence-electron chi connectivity index (χ2n) is 5.97. The third-order valence-electron chi connectivity index (χ3n) is 3.78. The monoisotopic (exact) mass is 312 g/mol. The summed E-state index contributed by atoms with van der Waals surface area (Å²) in [5, 5.41) is 5.91. The van der Waals surface area contributed by atoms with Gasteiger partial charge in [-0.15, -0.1) is 0 Å². The van der Waals surface area contributed by atoms with Crippen LogP contribution >= 0.6 is 0 Å². The van der Waals surface area contributed by atoms with Gasteiger partial charge in [-0.05, 0) is 43.5 Å². The maximum Gasteiger partial charge on any atom is 0.315 e.